The molecule has 0 radical (unpaired) electrons. The average Bonchev–Trinajstić information content (AvgIpc) is 2.74. The van der Waals surface area contributed by atoms with Crippen molar-refractivity contribution in [2.24, 2.45) is 0 Å². The van der Waals surface area contributed by atoms with E-state index in [1.54, 1.807) is 6.07 Å². The molecule has 1 atom stereocenters. The number of benzene rings is 3. The van der Waals surface area contributed by atoms with Crippen LogP contribution in [0.25, 0.3) is 0 Å². The Labute approximate surface area is 169 Å². The molecule has 1 heterocycles. The highest BCUT2D eigenvalue weighted by molar-refractivity contribution is 7.91. The molecule has 7 heteroatoms. The lowest BCUT2D eigenvalue weighted by atomic mass is 10.2. The first kappa shape index (κ1) is 19.4. The average molecular weight is 413 g/mol. The van der Waals surface area contributed by atoms with E-state index in [9.17, 15) is 12.8 Å². The van der Waals surface area contributed by atoms with Gasteiger partial charge in [0.2, 0.25) is 9.84 Å². The second-order valence-corrected chi connectivity index (χ2v) is 8.69. The zero-order chi connectivity index (χ0) is 20.3. The lowest BCUT2D eigenvalue weighted by molar-refractivity contribution is 0.0898. The van der Waals surface area contributed by atoms with Crippen LogP contribution in [0.4, 0.5) is 4.39 Å². The molecule has 0 bridgehead atoms. The summed E-state index contributed by atoms with van der Waals surface area (Å²) >= 11 is 0. The summed E-state index contributed by atoms with van der Waals surface area (Å²) in [4.78, 5) is -0.0707. The molecule has 1 N–H and O–H groups in total. The van der Waals surface area contributed by atoms with Gasteiger partial charge >= 0.3 is 0 Å². The number of nitrogens with one attached hydrogen (secondary N) is 1. The molecule has 0 aromatic heterocycles. The molecule has 0 fully saturated rings. The van der Waals surface area contributed by atoms with Gasteiger partial charge < -0.3 is 14.8 Å². The summed E-state index contributed by atoms with van der Waals surface area (Å²) in [5, 5.41) is 3.31. The van der Waals surface area contributed by atoms with Crippen LogP contribution in [-0.4, -0.2) is 27.7 Å². The zero-order valence-electron chi connectivity index (χ0n) is 15.5. The fraction of sp³-hybridized carbons (Fsp3) is 0.182. The summed E-state index contributed by atoms with van der Waals surface area (Å²) in [6.07, 6.45) is -0.252. The number of rotatable bonds is 6. The molecular formula is C22H20FNO4S. The number of fused-ring (bicyclic) bond motifs is 1. The fourth-order valence-electron chi connectivity index (χ4n) is 3.11. The molecule has 150 valence electrons. The molecule has 0 aliphatic carbocycles. The first-order valence-electron chi connectivity index (χ1n) is 9.21. The quantitative estimate of drug-likeness (QED) is 0.669. The van der Waals surface area contributed by atoms with Gasteiger partial charge in [0.15, 0.2) is 11.5 Å². The Kier molecular flexibility index (Phi) is 5.51. The van der Waals surface area contributed by atoms with Crippen LogP contribution >= 0.6 is 0 Å². The largest absolute Gasteiger partial charge is 0.486 e. The molecule has 5 nitrogen and oxygen atoms in total. The normalized spacial score (nSPS) is 15.8. The van der Waals surface area contributed by atoms with E-state index in [0.29, 0.717) is 31.2 Å². The zero-order valence-corrected chi connectivity index (χ0v) is 16.4. The molecule has 1 aliphatic rings. The minimum atomic E-state index is -3.86. The number of sulfone groups is 1. The van der Waals surface area contributed by atoms with Crippen LogP contribution in [0, 0.1) is 5.82 Å². The Morgan fingerprint density at radius 2 is 1.72 bits per heavy atom. The minimum absolute atomic E-state index is 0.0309. The van der Waals surface area contributed by atoms with E-state index in [0.717, 1.165) is 11.6 Å². The number of hydrogen-bond donors (Lipinski definition) is 1. The fourth-order valence-corrected chi connectivity index (χ4v) is 4.41. The van der Waals surface area contributed by atoms with E-state index in [1.165, 1.54) is 30.3 Å². The number of hydrogen-bond acceptors (Lipinski definition) is 5. The predicted molar refractivity (Wildman–Crippen MR) is 106 cm³/mol. The van der Waals surface area contributed by atoms with Crippen LogP contribution in [0.3, 0.4) is 0 Å². The van der Waals surface area contributed by atoms with Crippen LogP contribution in [0.5, 0.6) is 11.5 Å². The molecule has 0 saturated heterocycles. The first-order valence-corrected chi connectivity index (χ1v) is 10.7. The van der Waals surface area contributed by atoms with Crippen LogP contribution in [-0.2, 0) is 16.4 Å². The molecule has 4 rings (SSSR count). The van der Waals surface area contributed by atoms with Gasteiger partial charge in [0.25, 0.3) is 0 Å². The van der Waals surface area contributed by atoms with Gasteiger partial charge in [0.05, 0.1) is 9.79 Å². The van der Waals surface area contributed by atoms with Gasteiger partial charge in [-0.2, -0.15) is 0 Å². The lowest BCUT2D eigenvalue weighted by Gasteiger charge is -2.27. The van der Waals surface area contributed by atoms with Gasteiger partial charge in [-0.15, -0.1) is 0 Å². The lowest BCUT2D eigenvalue weighted by Crippen LogP contribution is -2.38. The van der Waals surface area contributed by atoms with Crippen molar-refractivity contribution >= 4 is 9.84 Å². The van der Waals surface area contributed by atoms with Crippen LogP contribution < -0.4 is 14.8 Å². The van der Waals surface area contributed by atoms with Crippen molar-refractivity contribution in [3.05, 3.63) is 84.2 Å². The molecule has 0 unspecified atom stereocenters. The predicted octanol–water partition coefficient (Wildman–Crippen LogP) is 3.59. The second-order valence-electron chi connectivity index (χ2n) is 6.74. The summed E-state index contributed by atoms with van der Waals surface area (Å²) < 4.78 is 50.7. The molecular weight excluding hydrogens is 393 g/mol. The third-order valence-electron chi connectivity index (χ3n) is 4.59. The maximum absolute atomic E-state index is 13.5. The highest BCUT2D eigenvalue weighted by atomic mass is 32.2. The molecule has 0 amide bonds. The Bertz CT molecular complexity index is 1100. The Morgan fingerprint density at radius 3 is 2.52 bits per heavy atom. The smallest absolute Gasteiger partial charge is 0.206 e. The van der Waals surface area contributed by atoms with Gasteiger partial charge in [-0.05, 0) is 35.9 Å². The van der Waals surface area contributed by atoms with Gasteiger partial charge in [-0.1, -0.05) is 36.4 Å². The molecule has 29 heavy (non-hydrogen) atoms. The topological polar surface area (TPSA) is 64.6 Å². The van der Waals surface area contributed by atoms with Gasteiger partial charge in [-0.3, -0.25) is 0 Å². The van der Waals surface area contributed by atoms with Crippen molar-refractivity contribution in [1.82, 2.24) is 5.32 Å². The maximum atomic E-state index is 13.5. The van der Waals surface area contributed by atoms with Crippen LogP contribution in [0.2, 0.25) is 0 Å². The third-order valence-corrected chi connectivity index (χ3v) is 6.34. The standard InChI is InChI=1S/C22H20FNO4S/c23-17-7-4-8-19(11-17)29(25,26)20-9-10-21-22(12-20)28-18(15-27-21)14-24-13-16-5-2-1-3-6-16/h1-12,18,24H,13-15H2/t18-/m0/s1. The number of halogens is 1. The van der Waals surface area contributed by atoms with Crippen molar-refractivity contribution in [2.45, 2.75) is 22.4 Å². The summed E-state index contributed by atoms with van der Waals surface area (Å²) in [5.41, 5.74) is 1.16. The highest BCUT2D eigenvalue weighted by Crippen LogP contribution is 2.35. The highest BCUT2D eigenvalue weighted by Gasteiger charge is 2.25. The van der Waals surface area contributed by atoms with Gasteiger partial charge in [0.1, 0.15) is 18.5 Å². The molecule has 0 saturated carbocycles. The third kappa shape index (κ3) is 4.41. The van der Waals surface area contributed by atoms with E-state index < -0.39 is 15.7 Å². The van der Waals surface area contributed by atoms with E-state index >= 15 is 0 Å². The van der Waals surface area contributed by atoms with E-state index in [4.69, 9.17) is 9.47 Å². The summed E-state index contributed by atoms with van der Waals surface area (Å²) in [5.74, 6) is 0.246. The van der Waals surface area contributed by atoms with Crippen molar-refractivity contribution < 1.29 is 22.3 Å². The van der Waals surface area contributed by atoms with Crippen molar-refractivity contribution in [1.29, 1.82) is 0 Å². The van der Waals surface area contributed by atoms with Gasteiger partial charge in [-0.25, -0.2) is 12.8 Å². The number of ether oxygens (including phenoxy) is 2. The van der Waals surface area contributed by atoms with Crippen LogP contribution in [0.1, 0.15) is 5.56 Å². The van der Waals surface area contributed by atoms with E-state index in [1.807, 2.05) is 30.3 Å². The SMILES string of the molecule is O=S(=O)(c1cccc(F)c1)c1ccc2c(c1)O[C@@H](CNCc1ccccc1)CO2. The van der Waals surface area contributed by atoms with Crippen molar-refractivity contribution in [3.8, 4) is 11.5 Å². The van der Waals surface area contributed by atoms with Crippen molar-refractivity contribution in [2.75, 3.05) is 13.2 Å². The molecule has 1 aliphatic heterocycles. The molecule has 3 aromatic rings. The Hall–Kier alpha value is -2.90. The van der Waals surface area contributed by atoms with Crippen molar-refractivity contribution in [3.63, 3.8) is 0 Å². The van der Waals surface area contributed by atoms with Gasteiger partial charge in [0, 0.05) is 19.2 Å². The molecule has 3 aromatic carbocycles. The summed E-state index contributed by atoms with van der Waals surface area (Å²) in [7, 11) is -3.86. The Morgan fingerprint density at radius 1 is 0.931 bits per heavy atom. The Balaban J connectivity index is 1.47. The maximum Gasteiger partial charge on any atom is 0.206 e. The van der Waals surface area contributed by atoms with Crippen LogP contribution in [0.15, 0.2) is 82.6 Å². The second kappa shape index (κ2) is 8.23. The summed E-state index contributed by atoms with van der Waals surface area (Å²) in [6.45, 7) is 1.61. The summed E-state index contributed by atoms with van der Waals surface area (Å²) in [6, 6.07) is 19.4. The molecule has 0 spiro atoms. The first-order chi connectivity index (χ1) is 14.0. The van der Waals surface area contributed by atoms with E-state index in [2.05, 4.69) is 5.32 Å². The minimum Gasteiger partial charge on any atom is -0.486 e. The van der Waals surface area contributed by atoms with E-state index in [-0.39, 0.29) is 15.9 Å². The monoisotopic (exact) mass is 413 g/mol.